The third kappa shape index (κ3) is 8.66. The third-order valence-corrected chi connectivity index (χ3v) is 7.29. The molecule has 0 aliphatic carbocycles. The van der Waals surface area contributed by atoms with Crippen LogP contribution in [0.4, 0.5) is 5.69 Å². The van der Waals surface area contributed by atoms with Crippen molar-refractivity contribution in [3.8, 4) is 0 Å². The normalized spacial score (nSPS) is 12.7. The number of benzene rings is 2. The fraction of sp³-hybridized carbons (Fsp3) is 0.417. The molecule has 0 saturated heterocycles. The van der Waals surface area contributed by atoms with Crippen LogP contribution in [0.5, 0.6) is 0 Å². The fourth-order valence-corrected chi connectivity index (χ4v) is 5.01. The van der Waals surface area contributed by atoms with Crippen molar-refractivity contribution >= 4 is 66.7 Å². The average molecular weight is 607 g/mol. The molecule has 0 radical (unpaired) electrons. The smallest absolute Gasteiger partial charge is 0.244 e. The van der Waals surface area contributed by atoms with Gasteiger partial charge < -0.3 is 10.2 Å². The third-order valence-electron chi connectivity index (χ3n) is 5.03. The van der Waals surface area contributed by atoms with Gasteiger partial charge in [0.2, 0.25) is 21.8 Å². The van der Waals surface area contributed by atoms with Crippen molar-refractivity contribution in [2.45, 2.75) is 52.2 Å². The van der Waals surface area contributed by atoms with Gasteiger partial charge in [0.25, 0.3) is 0 Å². The second-order valence-electron chi connectivity index (χ2n) is 9.17. The number of carbonyl (C=O) groups excluding carboxylic acids is 2. The van der Waals surface area contributed by atoms with Gasteiger partial charge in [-0.1, -0.05) is 52.1 Å². The van der Waals surface area contributed by atoms with Crippen molar-refractivity contribution in [2.75, 3.05) is 17.1 Å². The molecule has 7 nitrogen and oxygen atoms in total. The summed E-state index contributed by atoms with van der Waals surface area (Å²) in [4.78, 5) is 28.2. The van der Waals surface area contributed by atoms with Gasteiger partial charge in [0.1, 0.15) is 12.6 Å². The number of nitrogens with zero attached hydrogens (tertiary/aromatic N) is 2. The second kappa shape index (κ2) is 12.0. The first-order chi connectivity index (χ1) is 16.1. The number of rotatable bonds is 9. The predicted molar refractivity (Wildman–Crippen MR) is 145 cm³/mol. The van der Waals surface area contributed by atoms with Gasteiger partial charge in [-0.05, 0) is 69.2 Å². The van der Waals surface area contributed by atoms with E-state index in [0.717, 1.165) is 15.0 Å². The Balaban J connectivity index is 2.48. The maximum atomic E-state index is 13.7. The largest absolute Gasteiger partial charge is 0.350 e. The second-order valence-corrected chi connectivity index (χ2v) is 12.8. The lowest BCUT2D eigenvalue weighted by Gasteiger charge is -2.34. The van der Waals surface area contributed by atoms with Crippen LogP contribution in [0.3, 0.4) is 0 Å². The minimum absolute atomic E-state index is 0.00282. The quantitative estimate of drug-likeness (QED) is 0.423. The Bertz CT molecular complexity index is 1170. The molecule has 2 amide bonds. The lowest BCUT2D eigenvalue weighted by Crippen LogP contribution is -2.55. The van der Waals surface area contributed by atoms with Crippen molar-refractivity contribution < 1.29 is 18.0 Å². The zero-order valence-electron chi connectivity index (χ0n) is 20.3. The monoisotopic (exact) mass is 605 g/mol. The van der Waals surface area contributed by atoms with Crippen molar-refractivity contribution in [3.63, 3.8) is 0 Å². The molecule has 2 aromatic rings. The van der Waals surface area contributed by atoms with E-state index in [2.05, 4.69) is 21.2 Å². The molecule has 2 aromatic carbocycles. The molecule has 1 unspecified atom stereocenters. The van der Waals surface area contributed by atoms with Crippen LogP contribution in [0.1, 0.15) is 39.7 Å². The van der Waals surface area contributed by atoms with Gasteiger partial charge in [-0.3, -0.25) is 13.9 Å². The molecule has 1 atom stereocenters. The predicted octanol–water partition coefficient (Wildman–Crippen LogP) is 5.24. The Morgan fingerprint density at radius 2 is 1.69 bits per heavy atom. The molecule has 1 N–H and O–H groups in total. The van der Waals surface area contributed by atoms with E-state index in [1.165, 1.54) is 4.90 Å². The van der Waals surface area contributed by atoms with Gasteiger partial charge in [0, 0.05) is 26.6 Å². The van der Waals surface area contributed by atoms with Gasteiger partial charge in [-0.2, -0.15) is 0 Å². The van der Waals surface area contributed by atoms with Crippen LogP contribution in [-0.4, -0.2) is 49.5 Å². The van der Waals surface area contributed by atoms with Crippen molar-refractivity contribution in [1.29, 1.82) is 0 Å². The van der Waals surface area contributed by atoms with E-state index in [9.17, 15) is 18.0 Å². The van der Waals surface area contributed by atoms with Crippen LogP contribution in [0.2, 0.25) is 10.0 Å². The van der Waals surface area contributed by atoms with Crippen LogP contribution in [0.25, 0.3) is 0 Å². The number of hydrogen-bond acceptors (Lipinski definition) is 4. The Morgan fingerprint density at radius 3 is 2.17 bits per heavy atom. The molecule has 35 heavy (non-hydrogen) atoms. The molecule has 192 valence electrons. The summed E-state index contributed by atoms with van der Waals surface area (Å²) in [5.41, 5.74) is 0.398. The first-order valence-electron chi connectivity index (χ1n) is 10.9. The molecule has 0 spiro atoms. The molecule has 0 heterocycles. The molecule has 11 heteroatoms. The van der Waals surface area contributed by atoms with Gasteiger partial charge in [0.15, 0.2) is 0 Å². The summed E-state index contributed by atoms with van der Waals surface area (Å²) in [5, 5.41) is 3.69. The molecule has 0 aliphatic rings. The number of halogens is 3. The zero-order chi connectivity index (χ0) is 26.6. The molecule has 2 rings (SSSR count). The van der Waals surface area contributed by atoms with E-state index in [-0.39, 0.29) is 12.5 Å². The molecule has 0 bridgehead atoms. The van der Waals surface area contributed by atoms with Crippen molar-refractivity contribution in [1.82, 2.24) is 10.2 Å². The van der Waals surface area contributed by atoms with Crippen LogP contribution in [0.15, 0.2) is 46.9 Å². The number of sulfonamides is 1. The van der Waals surface area contributed by atoms with E-state index in [1.54, 1.807) is 49.4 Å². The van der Waals surface area contributed by atoms with Crippen LogP contribution in [-0.2, 0) is 26.2 Å². The van der Waals surface area contributed by atoms with E-state index in [4.69, 9.17) is 23.2 Å². The first-order valence-corrected chi connectivity index (χ1v) is 14.3. The lowest BCUT2D eigenvalue weighted by molar-refractivity contribution is -0.141. The highest BCUT2D eigenvalue weighted by molar-refractivity contribution is 9.10. The van der Waals surface area contributed by atoms with Crippen LogP contribution < -0.4 is 9.62 Å². The Hall–Kier alpha value is -1.81. The van der Waals surface area contributed by atoms with E-state index < -0.39 is 34.1 Å². The van der Waals surface area contributed by atoms with Gasteiger partial charge in [-0.25, -0.2) is 8.42 Å². The summed E-state index contributed by atoms with van der Waals surface area (Å²) in [7, 11) is -3.80. The molecule has 0 aromatic heterocycles. The fourth-order valence-electron chi connectivity index (χ4n) is 3.43. The van der Waals surface area contributed by atoms with Gasteiger partial charge >= 0.3 is 0 Å². The molecule has 0 fully saturated rings. The van der Waals surface area contributed by atoms with Gasteiger partial charge in [0.05, 0.1) is 11.9 Å². The highest BCUT2D eigenvalue weighted by Crippen LogP contribution is 2.25. The van der Waals surface area contributed by atoms with Gasteiger partial charge in [-0.15, -0.1) is 0 Å². The Kier molecular flexibility index (Phi) is 10.0. The topological polar surface area (TPSA) is 86.8 Å². The maximum Gasteiger partial charge on any atom is 0.244 e. The van der Waals surface area contributed by atoms with Crippen molar-refractivity contribution in [3.05, 3.63) is 62.5 Å². The summed E-state index contributed by atoms with van der Waals surface area (Å²) < 4.78 is 27.0. The first kappa shape index (κ1) is 29.4. The summed E-state index contributed by atoms with van der Waals surface area (Å²) in [6, 6.07) is 10.6. The molecule has 0 saturated carbocycles. The van der Waals surface area contributed by atoms with Crippen molar-refractivity contribution in [2.24, 2.45) is 0 Å². The average Bonchev–Trinajstić information content (AvgIpc) is 2.72. The summed E-state index contributed by atoms with van der Waals surface area (Å²) in [5.74, 6) is -0.881. The number of amides is 2. The SMILES string of the molecule is CCC(C(=O)NC(C)(C)C)N(Cc1ccc(Cl)cc1Cl)C(=O)CN(c1ccc(Br)cc1)S(C)(=O)=O. The molecular weight excluding hydrogens is 577 g/mol. The number of anilines is 1. The lowest BCUT2D eigenvalue weighted by atomic mass is 10.1. The van der Waals surface area contributed by atoms with E-state index >= 15 is 0 Å². The summed E-state index contributed by atoms with van der Waals surface area (Å²) in [6.45, 7) is 6.85. The summed E-state index contributed by atoms with van der Waals surface area (Å²) >= 11 is 15.7. The number of nitrogens with one attached hydrogen (secondary N) is 1. The minimum Gasteiger partial charge on any atom is -0.350 e. The number of hydrogen-bond donors (Lipinski definition) is 1. The molecule has 0 aliphatic heterocycles. The Morgan fingerprint density at radius 1 is 1.09 bits per heavy atom. The highest BCUT2D eigenvalue weighted by atomic mass is 79.9. The van der Waals surface area contributed by atoms with E-state index in [1.807, 2.05) is 20.8 Å². The highest BCUT2D eigenvalue weighted by Gasteiger charge is 2.33. The Labute approximate surface area is 225 Å². The number of carbonyl (C=O) groups is 2. The molecular formula is C24H30BrCl2N3O4S. The zero-order valence-corrected chi connectivity index (χ0v) is 24.2. The van der Waals surface area contributed by atoms with Crippen LogP contribution >= 0.6 is 39.1 Å². The van der Waals surface area contributed by atoms with E-state index in [0.29, 0.717) is 27.7 Å². The summed E-state index contributed by atoms with van der Waals surface area (Å²) in [6.07, 6.45) is 1.35. The van der Waals surface area contributed by atoms with Crippen LogP contribution in [0, 0.1) is 0 Å². The maximum absolute atomic E-state index is 13.7. The standard InChI is InChI=1S/C24H30BrCl2N3O4S/c1-6-21(23(32)28-24(2,3)4)29(14-16-7-10-18(26)13-20(16)27)22(31)15-30(35(5,33)34)19-11-8-17(25)9-12-19/h7-13,21H,6,14-15H2,1-5H3,(H,28,32). The minimum atomic E-state index is -3.80.